The Kier molecular flexibility index (Phi) is 3.89. The first kappa shape index (κ1) is 12.8. The molecule has 1 fully saturated rings. The molecule has 0 spiro atoms. The summed E-state index contributed by atoms with van der Waals surface area (Å²) in [6.45, 7) is 2.67. The lowest BCUT2D eigenvalue weighted by Crippen LogP contribution is -2.39. The van der Waals surface area contributed by atoms with Crippen molar-refractivity contribution in [3.63, 3.8) is 0 Å². The number of aliphatic hydroxyl groups excluding tert-OH is 1. The van der Waals surface area contributed by atoms with Crippen LogP contribution < -0.4 is 9.47 Å². The highest BCUT2D eigenvalue weighted by molar-refractivity contribution is 5.44. The summed E-state index contributed by atoms with van der Waals surface area (Å²) in [5, 5.41) is 9.17. The van der Waals surface area contributed by atoms with Gasteiger partial charge in [-0.15, -0.1) is 0 Å². The molecule has 1 atom stereocenters. The zero-order valence-electron chi connectivity index (χ0n) is 11.2. The highest BCUT2D eigenvalue weighted by Gasteiger charge is 2.22. The number of fused-ring (bicyclic) bond motifs is 1. The SMILES string of the molecule is OCCC1CCCCN1Cc1ccc2c(c1)OCO2. The van der Waals surface area contributed by atoms with Gasteiger partial charge in [-0.3, -0.25) is 4.90 Å². The summed E-state index contributed by atoms with van der Waals surface area (Å²) in [5.74, 6) is 1.70. The van der Waals surface area contributed by atoms with Crippen LogP contribution >= 0.6 is 0 Å². The van der Waals surface area contributed by atoms with Crippen LogP contribution in [0.5, 0.6) is 11.5 Å². The van der Waals surface area contributed by atoms with Crippen molar-refractivity contribution in [3.8, 4) is 11.5 Å². The van der Waals surface area contributed by atoms with Gasteiger partial charge in [0, 0.05) is 19.2 Å². The number of ether oxygens (including phenoxy) is 2. The Balaban J connectivity index is 1.69. The number of aliphatic hydroxyl groups is 1. The molecule has 2 aliphatic heterocycles. The van der Waals surface area contributed by atoms with E-state index in [1.165, 1.54) is 24.8 Å². The molecule has 0 radical (unpaired) electrons. The van der Waals surface area contributed by atoms with Gasteiger partial charge in [0.05, 0.1) is 0 Å². The zero-order chi connectivity index (χ0) is 13.1. The predicted octanol–water partition coefficient (Wildman–Crippen LogP) is 2.15. The molecule has 1 aromatic carbocycles. The fraction of sp³-hybridized carbons (Fsp3) is 0.600. The minimum absolute atomic E-state index is 0.280. The Hall–Kier alpha value is -1.26. The van der Waals surface area contributed by atoms with Gasteiger partial charge in [0.2, 0.25) is 6.79 Å². The van der Waals surface area contributed by atoms with Crippen molar-refractivity contribution >= 4 is 0 Å². The molecule has 4 heteroatoms. The molecule has 1 aromatic rings. The van der Waals surface area contributed by atoms with Gasteiger partial charge in [-0.2, -0.15) is 0 Å². The number of rotatable bonds is 4. The maximum absolute atomic E-state index is 9.17. The Morgan fingerprint density at radius 3 is 3.00 bits per heavy atom. The lowest BCUT2D eigenvalue weighted by Gasteiger charge is -2.35. The van der Waals surface area contributed by atoms with Gasteiger partial charge in [0.15, 0.2) is 11.5 Å². The standard InChI is InChI=1S/C15H21NO3/c17-8-6-13-3-1-2-7-16(13)10-12-4-5-14-15(9-12)19-11-18-14/h4-5,9,13,17H,1-3,6-8,10-11H2. The number of hydrogen-bond donors (Lipinski definition) is 1. The summed E-state index contributed by atoms with van der Waals surface area (Å²) >= 11 is 0. The molecule has 0 amide bonds. The normalized spacial score (nSPS) is 22.7. The van der Waals surface area contributed by atoms with Gasteiger partial charge in [0.25, 0.3) is 0 Å². The molecule has 0 aliphatic carbocycles. The lowest BCUT2D eigenvalue weighted by molar-refractivity contribution is 0.112. The van der Waals surface area contributed by atoms with Gasteiger partial charge in [-0.1, -0.05) is 12.5 Å². The van der Waals surface area contributed by atoms with Crippen LogP contribution in [-0.4, -0.2) is 36.0 Å². The number of likely N-dealkylation sites (tertiary alicyclic amines) is 1. The molecule has 1 saturated heterocycles. The van der Waals surface area contributed by atoms with Crippen LogP contribution in [0.3, 0.4) is 0 Å². The molecule has 0 bridgehead atoms. The molecule has 2 aliphatic rings. The van der Waals surface area contributed by atoms with Crippen molar-refractivity contribution in [1.29, 1.82) is 0 Å². The molecule has 4 nitrogen and oxygen atoms in total. The average molecular weight is 263 g/mol. The fourth-order valence-electron chi connectivity index (χ4n) is 3.02. The van der Waals surface area contributed by atoms with E-state index in [0.717, 1.165) is 31.0 Å². The van der Waals surface area contributed by atoms with Crippen LogP contribution in [0.4, 0.5) is 0 Å². The Morgan fingerprint density at radius 1 is 1.21 bits per heavy atom. The highest BCUT2D eigenvalue weighted by atomic mass is 16.7. The quantitative estimate of drug-likeness (QED) is 0.904. The van der Waals surface area contributed by atoms with Gasteiger partial charge >= 0.3 is 0 Å². The first-order chi connectivity index (χ1) is 9.36. The van der Waals surface area contributed by atoms with Gasteiger partial charge in [-0.25, -0.2) is 0 Å². The van der Waals surface area contributed by atoms with Crippen molar-refractivity contribution in [2.24, 2.45) is 0 Å². The molecule has 19 heavy (non-hydrogen) atoms. The number of hydrogen-bond acceptors (Lipinski definition) is 4. The van der Waals surface area contributed by atoms with Crippen molar-refractivity contribution in [1.82, 2.24) is 4.90 Å². The zero-order valence-corrected chi connectivity index (χ0v) is 11.2. The van der Waals surface area contributed by atoms with Crippen molar-refractivity contribution in [2.75, 3.05) is 19.9 Å². The minimum atomic E-state index is 0.280. The molecule has 0 saturated carbocycles. The second-order valence-corrected chi connectivity index (χ2v) is 5.32. The first-order valence-corrected chi connectivity index (χ1v) is 7.10. The smallest absolute Gasteiger partial charge is 0.231 e. The maximum atomic E-state index is 9.17. The minimum Gasteiger partial charge on any atom is -0.454 e. The van der Waals surface area contributed by atoms with Crippen LogP contribution in [0.25, 0.3) is 0 Å². The third kappa shape index (κ3) is 2.85. The van der Waals surface area contributed by atoms with Gasteiger partial charge < -0.3 is 14.6 Å². The van der Waals surface area contributed by atoms with E-state index in [9.17, 15) is 0 Å². The van der Waals surface area contributed by atoms with E-state index in [2.05, 4.69) is 17.0 Å². The summed E-state index contributed by atoms with van der Waals surface area (Å²) < 4.78 is 10.8. The van der Waals surface area contributed by atoms with E-state index < -0.39 is 0 Å². The lowest BCUT2D eigenvalue weighted by atomic mass is 9.99. The molecule has 3 rings (SSSR count). The van der Waals surface area contributed by atoms with E-state index in [1.54, 1.807) is 0 Å². The molecule has 1 N–H and O–H groups in total. The third-order valence-corrected chi connectivity index (χ3v) is 4.03. The topological polar surface area (TPSA) is 41.9 Å². The average Bonchev–Trinajstić information content (AvgIpc) is 2.89. The van der Waals surface area contributed by atoms with Crippen molar-refractivity contribution in [2.45, 2.75) is 38.3 Å². The fourth-order valence-corrected chi connectivity index (χ4v) is 3.02. The first-order valence-electron chi connectivity index (χ1n) is 7.10. The Bertz CT molecular complexity index is 433. The Labute approximate surface area is 113 Å². The highest BCUT2D eigenvalue weighted by Crippen LogP contribution is 2.33. The molecule has 0 aromatic heterocycles. The predicted molar refractivity (Wildman–Crippen MR) is 72.3 cm³/mol. The molecular formula is C15H21NO3. The molecule has 2 heterocycles. The summed E-state index contributed by atoms with van der Waals surface area (Å²) in [6, 6.07) is 6.69. The number of piperidine rings is 1. The second kappa shape index (κ2) is 5.80. The van der Waals surface area contributed by atoms with Crippen LogP contribution in [0, 0.1) is 0 Å². The summed E-state index contributed by atoms with van der Waals surface area (Å²) in [5.41, 5.74) is 1.26. The maximum Gasteiger partial charge on any atom is 0.231 e. The molecule has 104 valence electrons. The van der Waals surface area contributed by atoms with Crippen LogP contribution in [-0.2, 0) is 6.54 Å². The largest absolute Gasteiger partial charge is 0.454 e. The molecule has 1 unspecified atom stereocenters. The summed E-state index contributed by atoms with van der Waals surface area (Å²) in [7, 11) is 0. The van der Waals surface area contributed by atoms with E-state index in [1.807, 2.05) is 6.07 Å². The number of benzene rings is 1. The van der Waals surface area contributed by atoms with Crippen molar-refractivity contribution in [3.05, 3.63) is 23.8 Å². The van der Waals surface area contributed by atoms with Gasteiger partial charge in [0.1, 0.15) is 0 Å². The second-order valence-electron chi connectivity index (χ2n) is 5.32. The summed E-state index contributed by atoms with van der Waals surface area (Å²) in [6.07, 6.45) is 4.62. The van der Waals surface area contributed by atoms with E-state index in [-0.39, 0.29) is 6.61 Å². The van der Waals surface area contributed by atoms with Crippen LogP contribution in [0.15, 0.2) is 18.2 Å². The van der Waals surface area contributed by atoms with Crippen LogP contribution in [0.1, 0.15) is 31.2 Å². The summed E-state index contributed by atoms with van der Waals surface area (Å²) in [4.78, 5) is 2.48. The van der Waals surface area contributed by atoms with E-state index >= 15 is 0 Å². The Morgan fingerprint density at radius 2 is 2.11 bits per heavy atom. The van der Waals surface area contributed by atoms with Gasteiger partial charge in [-0.05, 0) is 43.5 Å². The van der Waals surface area contributed by atoms with E-state index in [0.29, 0.717) is 12.8 Å². The van der Waals surface area contributed by atoms with Crippen molar-refractivity contribution < 1.29 is 14.6 Å². The van der Waals surface area contributed by atoms with E-state index in [4.69, 9.17) is 14.6 Å². The number of nitrogens with zero attached hydrogens (tertiary/aromatic N) is 1. The third-order valence-electron chi connectivity index (χ3n) is 4.03. The monoisotopic (exact) mass is 263 g/mol. The van der Waals surface area contributed by atoms with Crippen LogP contribution in [0.2, 0.25) is 0 Å². The molecular weight excluding hydrogens is 242 g/mol.